The standard InChI is InChI=1S/C20H20N2O7S/c1-11(23)13-6-16-17(29-10-28-16)7-14(13)22-19(25)9-27-20(26)8-15(21-12(2)24)18-4-3-5-30-18/h3-7,15H,8-10H2,1-2H3,(H,21,24)(H,22,25). The lowest BCUT2D eigenvalue weighted by Crippen LogP contribution is -2.29. The largest absolute Gasteiger partial charge is 0.455 e. The van der Waals surface area contributed by atoms with Gasteiger partial charge >= 0.3 is 5.97 Å². The van der Waals surface area contributed by atoms with Crippen molar-refractivity contribution in [2.75, 3.05) is 18.7 Å². The van der Waals surface area contributed by atoms with E-state index < -0.39 is 24.5 Å². The van der Waals surface area contributed by atoms with Crippen LogP contribution < -0.4 is 20.1 Å². The normalized spacial score (nSPS) is 12.7. The number of amides is 2. The third kappa shape index (κ3) is 5.35. The van der Waals surface area contributed by atoms with E-state index in [4.69, 9.17) is 14.2 Å². The van der Waals surface area contributed by atoms with E-state index >= 15 is 0 Å². The molecule has 10 heteroatoms. The van der Waals surface area contributed by atoms with Crippen LogP contribution in [0.3, 0.4) is 0 Å². The number of nitrogens with one attached hydrogen (secondary N) is 2. The highest BCUT2D eigenvalue weighted by atomic mass is 32.1. The number of hydrogen-bond acceptors (Lipinski definition) is 8. The summed E-state index contributed by atoms with van der Waals surface area (Å²) in [7, 11) is 0. The molecule has 0 aliphatic carbocycles. The summed E-state index contributed by atoms with van der Waals surface area (Å²) >= 11 is 1.40. The summed E-state index contributed by atoms with van der Waals surface area (Å²) in [6.45, 7) is 2.21. The summed E-state index contributed by atoms with van der Waals surface area (Å²) in [6.07, 6.45) is -0.115. The minimum Gasteiger partial charge on any atom is -0.455 e. The first kappa shape index (κ1) is 21.3. The van der Waals surface area contributed by atoms with Crippen molar-refractivity contribution in [2.24, 2.45) is 0 Å². The monoisotopic (exact) mass is 432 g/mol. The van der Waals surface area contributed by atoms with Gasteiger partial charge in [0.2, 0.25) is 12.7 Å². The van der Waals surface area contributed by atoms with Crippen LogP contribution in [0, 0.1) is 0 Å². The van der Waals surface area contributed by atoms with Crippen molar-refractivity contribution in [3.8, 4) is 11.5 Å². The van der Waals surface area contributed by atoms with Crippen LogP contribution in [0.1, 0.15) is 41.5 Å². The molecule has 0 saturated heterocycles. The number of carbonyl (C=O) groups is 4. The Morgan fingerprint density at radius 2 is 1.90 bits per heavy atom. The minimum absolute atomic E-state index is 0.0292. The Balaban J connectivity index is 1.58. The molecule has 30 heavy (non-hydrogen) atoms. The van der Waals surface area contributed by atoms with Crippen molar-refractivity contribution in [1.82, 2.24) is 5.32 Å². The molecular formula is C20H20N2O7S. The first-order valence-corrected chi connectivity index (χ1v) is 9.92. The van der Waals surface area contributed by atoms with Gasteiger partial charge in [0, 0.05) is 23.4 Å². The van der Waals surface area contributed by atoms with E-state index in [0.717, 1.165) is 4.88 Å². The van der Waals surface area contributed by atoms with Crippen LogP contribution in [0.5, 0.6) is 11.5 Å². The predicted octanol–water partition coefficient (Wildman–Crippen LogP) is 2.43. The fraction of sp³-hybridized carbons (Fsp3) is 0.300. The van der Waals surface area contributed by atoms with Gasteiger partial charge in [-0.25, -0.2) is 0 Å². The number of ether oxygens (including phenoxy) is 3. The number of esters is 1. The Morgan fingerprint density at radius 3 is 2.53 bits per heavy atom. The van der Waals surface area contributed by atoms with Crippen molar-refractivity contribution in [2.45, 2.75) is 26.3 Å². The van der Waals surface area contributed by atoms with Gasteiger partial charge in [-0.05, 0) is 24.4 Å². The highest BCUT2D eigenvalue weighted by Gasteiger charge is 2.22. The lowest BCUT2D eigenvalue weighted by atomic mass is 10.1. The second kappa shape index (κ2) is 9.40. The van der Waals surface area contributed by atoms with Gasteiger partial charge in [0.05, 0.1) is 18.2 Å². The molecule has 1 atom stereocenters. The van der Waals surface area contributed by atoms with Crippen LogP contribution in [0.25, 0.3) is 0 Å². The number of ketones is 1. The van der Waals surface area contributed by atoms with E-state index in [0.29, 0.717) is 11.5 Å². The summed E-state index contributed by atoms with van der Waals surface area (Å²) in [5.74, 6) is -0.983. The molecule has 1 aliphatic heterocycles. The highest BCUT2D eigenvalue weighted by Crippen LogP contribution is 2.37. The van der Waals surface area contributed by atoms with E-state index in [-0.39, 0.29) is 36.2 Å². The fourth-order valence-electron chi connectivity index (χ4n) is 2.85. The number of thiophene rings is 1. The fourth-order valence-corrected chi connectivity index (χ4v) is 3.63. The smallest absolute Gasteiger partial charge is 0.308 e. The second-order valence-corrected chi connectivity index (χ2v) is 7.47. The van der Waals surface area contributed by atoms with Crippen LogP contribution in [-0.4, -0.2) is 37.0 Å². The van der Waals surface area contributed by atoms with E-state index in [1.165, 1.54) is 37.3 Å². The molecule has 0 radical (unpaired) electrons. The molecule has 2 heterocycles. The van der Waals surface area contributed by atoms with E-state index in [1.807, 2.05) is 11.4 Å². The van der Waals surface area contributed by atoms with Gasteiger partial charge in [-0.1, -0.05) is 6.07 Å². The van der Waals surface area contributed by atoms with Crippen molar-refractivity contribution < 1.29 is 33.4 Å². The van der Waals surface area contributed by atoms with E-state index in [1.54, 1.807) is 6.07 Å². The van der Waals surface area contributed by atoms with Crippen LogP contribution >= 0.6 is 11.3 Å². The van der Waals surface area contributed by atoms with Crippen molar-refractivity contribution >= 4 is 40.6 Å². The number of rotatable bonds is 8. The lowest BCUT2D eigenvalue weighted by molar-refractivity contribution is -0.147. The Labute approximate surface area is 176 Å². The van der Waals surface area contributed by atoms with Crippen molar-refractivity contribution in [1.29, 1.82) is 0 Å². The summed E-state index contributed by atoms with van der Waals surface area (Å²) in [4.78, 5) is 48.5. The third-order valence-electron chi connectivity index (χ3n) is 4.17. The molecule has 1 unspecified atom stereocenters. The lowest BCUT2D eigenvalue weighted by Gasteiger charge is -2.16. The zero-order valence-electron chi connectivity index (χ0n) is 16.4. The average molecular weight is 432 g/mol. The number of fused-ring (bicyclic) bond motifs is 1. The van der Waals surface area contributed by atoms with E-state index in [9.17, 15) is 19.2 Å². The molecule has 0 spiro atoms. The summed E-state index contributed by atoms with van der Waals surface area (Å²) in [5.41, 5.74) is 0.491. The maximum Gasteiger partial charge on any atom is 0.308 e. The number of anilines is 1. The molecule has 0 saturated carbocycles. The zero-order valence-corrected chi connectivity index (χ0v) is 17.2. The minimum atomic E-state index is -0.644. The molecule has 158 valence electrons. The predicted molar refractivity (Wildman–Crippen MR) is 108 cm³/mol. The van der Waals surface area contributed by atoms with Gasteiger partial charge in [-0.2, -0.15) is 0 Å². The Bertz CT molecular complexity index is 972. The second-order valence-electron chi connectivity index (χ2n) is 6.49. The van der Waals surface area contributed by atoms with Gasteiger partial charge in [0.1, 0.15) is 0 Å². The summed E-state index contributed by atoms with van der Waals surface area (Å²) < 4.78 is 15.5. The highest BCUT2D eigenvalue weighted by molar-refractivity contribution is 7.10. The summed E-state index contributed by atoms with van der Waals surface area (Å²) in [5, 5.41) is 7.08. The maximum atomic E-state index is 12.2. The molecule has 2 aromatic rings. The number of Topliss-reactive ketones (excluding diaryl/α,β-unsaturated/α-hetero) is 1. The van der Waals surface area contributed by atoms with Gasteiger partial charge < -0.3 is 24.8 Å². The maximum absolute atomic E-state index is 12.2. The zero-order chi connectivity index (χ0) is 21.7. The Hall–Kier alpha value is -3.40. The molecular weight excluding hydrogens is 412 g/mol. The molecule has 1 aliphatic rings. The number of benzene rings is 1. The summed E-state index contributed by atoms with van der Waals surface area (Å²) in [6, 6.07) is 6.06. The molecule has 2 N–H and O–H groups in total. The third-order valence-corrected chi connectivity index (χ3v) is 5.15. The molecule has 9 nitrogen and oxygen atoms in total. The van der Waals surface area contributed by atoms with Crippen LogP contribution in [0.4, 0.5) is 5.69 Å². The Morgan fingerprint density at radius 1 is 1.17 bits per heavy atom. The van der Waals surface area contributed by atoms with Gasteiger partial charge in [-0.15, -0.1) is 11.3 Å². The van der Waals surface area contributed by atoms with Crippen molar-refractivity contribution in [3.05, 3.63) is 40.1 Å². The molecule has 3 rings (SSSR count). The van der Waals surface area contributed by atoms with Gasteiger partial charge in [0.25, 0.3) is 5.91 Å². The molecule has 1 aromatic heterocycles. The van der Waals surface area contributed by atoms with Gasteiger partial charge in [0.15, 0.2) is 23.9 Å². The quantitative estimate of drug-likeness (QED) is 0.485. The SMILES string of the molecule is CC(=O)NC(CC(=O)OCC(=O)Nc1cc2c(cc1C(C)=O)OCO2)c1cccs1. The van der Waals surface area contributed by atoms with E-state index in [2.05, 4.69) is 10.6 Å². The van der Waals surface area contributed by atoms with Crippen LogP contribution in [0.15, 0.2) is 29.6 Å². The van der Waals surface area contributed by atoms with Crippen molar-refractivity contribution in [3.63, 3.8) is 0 Å². The van der Waals surface area contributed by atoms with Crippen LogP contribution in [0.2, 0.25) is 0 Å². The first-order valence-electron chi connectivity index (χ1n) is 9.04. The van der Waals surface area contributed by atoms with Gasteiger partial charge in [-0.3, -0.25) is 19.2 Å². The molecule has 1 aromatic carbocycles. The Kier molecular flexibility index (Phi) is 6.68. The number of carbonyl (C=O) groups excluding carboxylic acids is 4. The van der Waals surface area contributed by atoms with Crippen LogP contribution in [-0.2, 0) is 19.1 Å². The average Bonchev–Trinajstić information content (AvgIpc) is 3.36. The molecule has 0 fully saturated rings. The topological polar surface area (TPSA) is 120 Å². The first-order chi connectivity index (χ1) is 14.3. The number of hydrogen-bond donors (Lipinski definition) is 2. The molecule has 2 amide bonds. The molecule has 0 bridgehead atoms.